The Hall–Kier alpha value is -2.67. The van der Waals surface area contributed by atoms with Gasteiger partial charge >= 0.3 is 0 Å². The number of ether oxygens (including phenoxy) is 1. The molecule has 31 heavy (non-hydrogen) atoms. The highest BCUT2D eigenvalue weighted by atomic mass is 79.9. The first-order valence-corrected chi connectivity index (χ1v) is 11.1. The monoisotopic (exact) mass is 487 g/mol. The van der Waals surface area contributed by atoms with Crippen molar-refractivity contribution in [1.29, 1.82) is 0 Å². The van der Waals surface area contributed by atoms with E-state index in [-0.39, 0.29) is 17.4 Å². The van der Waals surface area contributed by atoms with Gasteiger partial charge in [-0.25, -0.2) is 4.39 Å². The molecule has 1 saturated carbocycles. The molecular weight excluding hydrogens is 465 g/mol. The van der Waals surface area contributed by atoms with Crippen LogP contribution in [0.1, 0.15) is 49.3 Å². The molecule has 1 aliphatic carbocycles. The van der Waals surface area contributed by atoms with E-state index in [1.54, 1.807) is 35.2 Å². The predicted octanol–water partition coefficient (Wildman–Crippen LogP) is 5.35. The number of ketones is 1. The van der Waals surface area contributed by atoms with Gasteiger partial charge in [0.25, 0.3) is 11.7 Å². The summed E-state index contributed by atoms with van der Waals surface area (Å²) in [6, 6.07) is 9.85. The second-order valence-electron chi connectivity index (χ2n) is 7.90. The van der Waals surface area contributed by atoms with E-state index >= 15 is 0 Å². The van der Waals surface area contributed by atoms with Crippen LogP contribution in [0.25, 0.3) is 5.76 Å². The number of Topliss-reactive ketones (excluding diaryl/α,β-unsaturated/α-hetero) is 1. The first kappa shape index (κ1) is 21.6. The molecule has 1 amide bonds. The maximum atomic E-state index is 13.6. The lowest BCUT2D eigenvalue weighted by Crippen LogP contribution is -2.40. The van der Waals surface area contributed by atoms with Crippen molar-refractivity contribution in [2.24, 2.45) is 0 Å². The van der Waals surface area contributed by atoms with E-state index in [0.717, 1.165) is 32.1 Å². The molecule has 2 fully saturated rings. The predicted molar refractivity (Wildman–Crippen MR) is 118 cm³/mol. The van der Waals surface area contributed by atoms with Gasteiger partial charge in [-0.05, 0) is 64.7 Å². The molecule has 162 valence electrons. The Bertz CT molecular complexity index is 1040. The van der Waals surface area contributed by atoms with Crippen LogP contribution < -0.4 is 4.74 Å². The summed E-state index contributed by atoms with van der Waals surface area (Å²) in [7, 11) is 1.53. The Balaban J connectivity index is 1.86. The molecule has 5 nitrogen and oxygen atoms in total. The molecule has 1 aliphatic heterocycles. The minimum Gasteiger partial charge on any atom is -0.507 e. The second-order valence-corrected chi connectivity index (χ2v) is 8.75. The Morgan fingerprint density at radius 2 is 1.77 bits per heavy atom. The van der Waals surface area contributed by atoms with Crippen molar-refractivity contribution < 1.29 is 23.8 Å². The van der Waals surface area contributed by atoms with E-state index in [1.165, 1.54) is 19.2 Å². The van der Waals surface area contributed by atoms with Gasteiger partial charge < -0.3 is 14.7 Å². The van der Waals surface area contributed by atoms with Gasteiger partial charge in [-0.1, -0.05) is 31.4 Å². The molecular formula is C24H23BrFNO4. The Kier molecular flexibility index (Phi) is 6.14. The number of rotatable bonds is 4. The number of benzene rings is 2. The zero-order valence-electron chi connectivity index (χ0n) is 17.1. The number of hydrogen-bond donors (Lipinski definition) is 1. The molecule has 4 rings (SSSR count). The second kappa shape index (κ2) is 8.83. The van der Waals surface area contributed by atoms with Crippen molar-refractivity contribution >= 4 is 33.4 Å². The average molecular weight is 488 g/mol. The first-order valence-electron chi connectivity index (χ1n) is 10.3. The van der Waals surface area contributed by atoms with Gasteiger partial charge in [0.05, 0.1) is 23.2 Å². The molecule has 1 unspecified atom stereocenters. The van der Waals surface area contributed by atoms with E-state index in [0.29, 0.717) is 21.3 Å². The molecule has 0 radical (unpaired) electrons. The third kappa shape index (κ3) is 3.99. The van der Waals surface area contributed by atoms with Gasteiger partial charge in [0.15, 0.2) is 0 Å². The third-order valence-corrected chi connectivity index (χ3v) is 6.68. The number of halogens is 2. The fraction of sp³-hybridized carbons (Fsp3) is 0.333. The zero-order valence-corrected chi connectivity index (χ0v) is 18.7. The minimum atomic E-state index is -0.760. The molecule has 1 N–H and O–H groups in total. The number of carbonyl (C=O) groups excluding carboxylic acids is 2. The molecule has 0 spiro atoms. The fourth-order valence-corrected chi connectivity index (χ4v) is 5.07. The smallest absolute Gasteiger partial charge is 0.295 e. The van der Waals surface area contributed by atoms with Crippen LogP contribution in [0.3, 0.4) is 0 Å². The molecule has 2 aromatic carbocycles. The normalized spacial score (nSPS) is 21.5. The van der Waals surface area contributed by atoms with Gasteiger partial charge in [0.1, 0.15) is 17.3 Å². The quantitative estimate of drug-likeness (QED) is 0.358. The number of aliphatic hydroxyl groups excluding tert-OH is 1. The molecule has 1 atom stereocenters. The van der Waals surface area contributed by atoms with Crippen LogP contribution in [0.2, 0.25) is 0 Å². The van der Waals surface area contributed by atoms with E-state index in [9.17, 15) is 19.1 Å². The lowest BCUT2D eigenvalue weighted by molar-refractivity contribution is -0.141. The summed E-state index contributed by atoms with van der Waals surface area (Å²) in [4.78, 5) is 27.8. The van der Waals surface area contributed by atoms with Gasteiger partial charge in [0.2, 0.25) is 0 Å². The zero-order chi connectivity index (χ0) is 22.1. The number of hydrogen-bond acceptors (Lipinski definition) is 4. The molecule has 0 bridgehead atoms. The summed E-state index contributed by atoms with van der Waals surface area (Å²) in [5.41, 5.74) is 1.01. The van der Waals surface area contributed by atoms with Crippen LogP contribution >= 0.6 is 15.9 Å². The van der Waals surface area contributed by atoms with E-state index in [1.807, 2.05) is 0 Å². The summed E-state index contributed by atoms with van der Waals surface area (Å²) >= 11 is 3.39. The average Bonchev–Trinajstić information content (AvgIpc) is 3.05. The summed E-state index contributed by atoms with van der Waals surface area (Å²) in [6.45, 7) is 0. The fourth-order valence-electron chi connectivity index (χ4n) is 4.53. The van der Waals surface area contributed by atoms with E-state index in [4.69, 9.17) is 4.74 Å². The number of amides is 1. The molecule has 7 heteroatoms. The number of methoxy groups -OCH3 is 1. The van der Waals surface area contributed by atoms with Crippen LogP contribution in [0.5, 0.6) is 5.75 Å². The van der Waals surface area contributed by atoms with Gasteiger partial charge in [-0.3, -0.25) is 9.59 Å². The van der Waals surface area contributed by atoms with Crippen LogP contribution in [-0.2, 0) is 9.59 Å². The first-order chi connectivity index (χ1) is 14.9. The minimum absolute atomic E-state index is 0.0271. The summed E-state index contributed by atoms with van der Waals surface area (Å²) < 4.78 is 19.4. The summed E-state index contributed by atoms with van der Waals surface area (Å²) in [6.07, 6.45) is 4.67. The molecule has 1 saturated heterocycles. The number of likely N-dealkylation sites (tertiary alicyclic amines) is 1. The van der Waals surface area contributed by atoms with Crippen molar-refractivity contribution in [2.75, 3.05) is 7.11 Å². The van der Waals surface area contributed by atoms with Gasteiger partial charge in [0, 0.05) is 11.6 Å². The highest BCUT2D eigenvalue weighted by Crippen LogP contribution is 2.43. The van der Waals surface area contributed by atoms with Crippen LogP contribution in [-0.4, -0.2) is 34.8 Å². The van der Waals surface area contributed by atoms with Gasteiger partial charge in [-0.2, -0.15) is 0 Å². The Morgan fingerprint density at radius 3 is 2.39 bits per heavy atom. The number of nitrogens with zero attached hydrogens (tertiary/aromatic N) is 1. The molecule has 2 aromatic rings. The molecule has 2 aliphatic rings. The highest BCUT2D eigenvalue weighted by molar-refractivity contribution is 9.10. The summed E-state index contributed by atoms with van der Waals surface area (Å²) in [5.74, 6) is -1.42. The van der Waals surface area contributed by atoms with Crippen molar-refractivity contribution in [1.82, 2.24) is 4.90 Å². The summed E-state index contributed by atoms with van der Waals surface area (Å²) in [5, 5.41) is 11.1. The number of aliphatic hydroxyl groups is 1. The molecule has 0 aromatic heterocycles. The van der Waals surface area contributed by atoms with Crippen LogP contribution in [0, 0.1) is 5.82 Å². The Morgan fingerprint density at radius 1 is 1.10 bits per heavy atom. The van der Waals surface area contributed by atoms with E-state index < -0.39 is 23.5 Å². The largest absolute Gasteiger partial charge is 0.507 e. The van der Waals surface area contributed by atoms with Crippen molar-refractivity contribution in [3.63, 3.8) is 0 Å². The number of carbonyl (C=O) groups is 2. The highest BCUT2D eigenvalue weighted by Gasteiger charge is 2.48. The van der Waals surface area contributed by atoms with Crippen molar-refractivity contribution in [3.8, 4) is 5.75 Å². The SMILES string of the molecule is COc1ccc(/C(O)=C2/C(=O)C(=O)N(C3CCCCC3)C2c2ccc(F)cc2)cc1Br. The third-order valence-electron chi connectivity index (χ3n) is 6.06. The maximum absolute atomic E-state index is 13.6. The standard InChI is InChI=1S/C24H23BrFNO4/c1-31-19-12-9-15(13-18(19)25)22(28)20-21(14-7-10-16(26)11-8-14)27(24(30)23(20)29)17-5-3-2-4-6-17/h7-13,17,21,28H,2-6H2,1H3/b22-20-. The van der Waals surface area contributed by atoms with Crippen molar-refractivity contribution in [2.45, 2.75) is 44.2 Å². The van der Waals surface area contributed by atoms with Gasteiger partial charge in [-0.15, -0.1) is 0 Å². The van der Waals surface area contributed by atoms with E-state index in [2.05, 4.69) is 15.9 Å². The van der Waals surface area contributed by atoms with Crippen LogP contribution in [0.15, 0.2) is 52.5 Å². The lowest BCUT2D eigenvalue weighted by atomic mass is 9.91. The lowest BCUT2D eigenvalue weighted by Gasteiger charge is -2.35. The van der Waals surface area contributed by atoms with Crippen LogP contribution in [0.4, 0.5) is 4.39 Å². The molecule has 1 heterocycles. The topological polar surface area (TPSA) is 66.8 Å². The van der Waals surface area contributed by atoms with Crippen molar-refractivity contribution in [3.05, 3.63) is 69.5 Å². The maximum Gasteiger partial charge on any atom is 0.295 e. The Labute approximate surface area is 188 Å².